The van der Waals surface area contributed by atoms with Gasteiger partial charge in [0.2, 0.25) is 0 Å². The topological polar surface area (TPSA) is 0 Å². The van der Waals surface area contributed by atoms with Crippen LogP contribution in [0, 0.1) is 13.8 Å². The van der Waals surface area contributed by atoms with Gasteiger partial charge in [-0.15, -0.1) is 0 Å². The molecule has 0 saturated carbocycles. The molecule has 0 amide bonds. The Morgan fingerprint density at radius 3 is 0.985 bits per heavy atom. The van der Waals surface area contributed by atoms with Gasteiger partial charge in [0.1, 0.15) is 0 Å². The second-order valence-corrected chi connectivity index (χ2v) is 87.1. The number of rotatable bonds is 11. The Kier molecular flexibility index (Phi) is 13.1. The maximum absolute atomic E-state index is 9.28. The molecule has 2 aliphatic rings. The first-order chi connectivity index (χ1) is 30.6. The van der Waals surface area contributed by atoms with E-state index in [1.807, 2.05) is 0 Å². The second-order valence-electron chi connectivity index (χ2n) is 24.3. The maximum atomic E-state index is 9.28. The summed E-state index contributed by atoms with van der Waals surface area (Å²) in [5.74, 6) is -1.91. The van der Waals surface area contributed by atoms with Crippen molar-refractivity contribution in [3.05, 3.63) is 166 Å². The van der Waals surface area contributed by atoms with Crippen LogP contribution in [0.2, 0.25) is 91.7 Å². The zero-order valence-electron chi connectivity index (χ0n) is 42.7. The van der Waals surface area contributed by atoms with Gasteiger partial charge >= 0.3 is 416 Å². The predicted octanol–water partition coefficient (Wildman–Crippen LogP) is 15.7. The van der Waals surface area contributed by atoms with E-state index in [1.165, 1.54) is 98.7 Å². The van der Waals surface area contributed by atoms with E-state index < -0.39 is 53.8 Å². The molecule has 0 saturated heterocycles. The summed E-state index contributed by atoms with van der Waals surface area (Å²) in [6.45, 7) is 39.5. The molecule has 0 fully saturated rings. The molecule has 0 nitrogen and oxygen atoms in total. The fourth-order valence-corrected chi connectivity index (χ4v) is 46.0. The molecular formula is C58H73Cl2Si5Zr. The summed E-state index contributed by atoms with van der Waals surface area (Å²) in [6.07, 6.45) is 5.09. The van der Waals surface area contributed by atoms with E-state index in [1.54, 1.807) is 0 Å². The number of allylic oxidation sites excluding steroid dienone is 2. The van der Waals surface area contributed by atoms with E-state index in [0.29, 0.717) is 0 Å². The SMILES string of the molecule is Cc1ccc2c(c1-c1cc([Si](C)(C)C)cc([Si](C)(C)C)c1)C=C(c1ccccc1)[CH]2[Zr]([Cl])([Cl])([CH]1C(c2ccccc2)=Cc2c1ccc(C)c2-c1cc([Si](C)(C)C)cc([Si](C)(C)C)c1)[SiH](C)C. The zero-order chi connectivity index (χ0) is 48.1. The van der Waals surface area contributed by atoms with Crippen molar-refractivity contribution in [3.63, 3.8) is 0 Å². The van der Waals surface area contributed by atoms with E-state index >= 15 is 0 Å². The van der Waals surface area contributed by atoms with Crippen LogP contribution in [0.1, 0.15) is 51.8 Å². The minimum atomic E-state index is -5.36. The number of hydrogen-bond acceptors (Lipinski definition) is 0. The monoisotopic (exact) mass is 1070 g/mol. The number of hydrogen-bond donors (Lipinski definition) is 0. The molecule has 6 aromatic rings. The Hall–Kier alpha value is -2.65. The molecule has 8 rings (SSSR count). The number of benzene rings is 6. The van der Waals surface area contributed by atoms with Gasteiger partial charge in [0.25, 0.3) is 0 Å². The van der Waals surface area contributed by atoms with Crippen molar-refractivity contribution >= 4 is 99.3 Å². The number of halogens is 2. The van der Waals surface area contributed by atoms with Gasteiger partial charge in [0.05, 0.1) is 0 Å². The molecule has 6 aromatic carbocycles. The summed E-state index contributed by atoms with van der Waals surface area (Å²) in [5.41, 5.74) is 18.4. The van der Waals surface area contributed by atoms with Crippen LogP contribution < -0.4 is 20.7 Å². The molecule has 0 bridgehead atoms. The molecule has 2 atom stereocenters. The summed E-state index contributed by atoms with van der Waals surface area (Å²) in [6, 6.07) is 47.2. The molecular weight excluding hydrogens is 999 g/mol. The quantitative estimate of drug-likeness (QED) is 0.113. The summed E-state index contributed by atoms with van der Waals surface area (Å²) in [7, 11) is 11.9. The molecule has 0 heterocycles. The van der Waals surface area contributed by atoms with E-state index in [0.717, 1.165) is 0 Å². The van der Waals surface area contributed by atoms with Gasteiger partial charge in [-0.2, -0.15) is 0 Å². The van der Waals surface area contributed by atoms with Crippen LogP contribution in [0.25, 0.3) is 45.6 Å². The normalized spacial score (nSPS) is 17.3. The van der Waals surface area contributed by atoms with Gasteiger partial charge in [-0.05, 0) is 0 Å². The van der Waals surface area contributed by atoms with E-state index in [9.17, 15) is 17.0 Å². The number of aryl methyl sites for hydroxylation is 2. The van der Waals surface area contributed by atoms with Crippen molar-refractivity contribution in [1.29, 1.82) is 0 Å². The van der Waals surface area contributed by atoms with Crippen LogP contribution in [0.5, 0.6) is 0 Å². The first-order valence-electron chi connectivity index (χ1n) is 24.3. The van der Waals surface area contributed by atoms with Gasteiger partial charge in [-0.25, -0.2) is 0 Å². The van der Waals surface area contributed by atoms with Crippen molar-refractivity contribution in [3.8, 4) is 22.3 Å². The first kappa shape index (κ1) is 49.8. The Labute approximate surface area is 411 Å². The standard InChI is InChI=1S/2C28H33Si2.C2H7Si.2ClH.Zr/c2*1-20-13-14-22-15-23(21-11-9-8-10-12-21)18-27(22)28(20)24-16-25(29(2,3)4)19-26(17-24)30(5,6)7;1-3-2;;;/h2*8-19H,1-7H3;3H,1-2H3;2*1H;/q;;;;;+2/p-2. The van der Waals surface area contributed by atoms with Gasteiger partial charge in [0.15, 0.2) is 0 Å². The molecule has 0 aromatic heterocycles. The Morgan fingerprint density at radius 1 is 0.409 bits per heavy atom. The first-order valence-corrected chi connectivity index (χ1v) is 54.6. The summed E-state index contributed by atoms with van der Waals surface area (Å²) in [4.78, 5) is 0. The Balaban J connectivity index is 1.46. The fourth-order valence-electron chi connectivity index (χ4n) is 10.9. The zero-order valence-corrected chi connectivity index (χ0v) is 51.8. The summed E-state index contributed by atoms with van der Waals surface area (Å²) >= 11 is -5.36. The van der Waals surface area contributed by atoms with Gasteiger partial charge in [-0.1, -0.05) is 0 Å². The average molecular weight is 1070 g/mol. The molecule has 0 aliphatic heterocycles. The third-order valence-corrected chi connectivity index (χ3v) is 74.8. The van der Waals surface area contributed by atoms with Crippen molar-refractivity contribution in [2.75, 3.05) is 0 Å². The number of fused-ring (bicyclic) bond motifs is 2. The minimum absolute atomic E-state index is 0.101. The molecule has 343 valence electrons. The van der Waals surface area contributed by atoms with Crippen LogP contribution in [0.3, 0.4) is 0 Å². The van der Waals surface area contributed by atoms with E-state index in [4.69, 9.17) is 0 Å². The molecule has 0 spiro atoms. The van der Waals surface area contributed by atoms with Gasteiger partial charge in [0, 0.05) is 0 Å². The van der Waals surface area contributed by atoms with Crippen molar-refractivity contribution in [2.24, 2.45) is 0 Å². The molecule has 0 radical (unpaired) electrons. The van der Waals surface area contributed by atoms with E-state index in [2.05, 4.69) is 239 Å². The molecule has 66 heavy (non-hydrogen) atoms. The third-order valence-electron chi connectivity index (χ3n) is 15.1. The molecule has 2 aliphatic carbocycles. The Bertz CT molecular complexity index is 2680. The second kappa shape index (κ2) is 17.3. The predicted molar refractivity (Wildman–Crippen MR) is 310 cm³/mol. The summed E-state index contributed by atoms with van der Waals surface area (Å²) < 4.78 is -0.201. The van der Waals surface area contributed by atoms with Crippen LogP contribution in [-0.4, -0.2) is 38.2 Å². The van der Waals surface area contributed by atoms with Crippen molar-refractivity contribution in [1.82, 2.24) is 0 Å². The van der Waals surface area contributed by atoms with E-state index in [-0.39, 0.29) is 7.25 Å². The third kappa shape index (κ3) is 8.80. The molecule has 2 unspecified atom stereocenters. The van der Waals surface area contributed by atoms with Gasteiger partial charge < -0.3 is 0 Å². The van der Waals surface area contributed by atoms with Crippen LogP contribution >= 0.6 is 17.0 Å². The van der Waals surface area contributed by atoms with Gasteiger partial charge in [-0.3, -0.25) is 0 Å². The summed E-state index contributed by atoms with van der Waals surface area (Å²) in [5, 5.41) is 6.13. The van der Waals surface area contributed by atoms with Crippen molar-refractivity contribution < 1.29 is 15.6 Å². The van der Waals surface area contributed by atoms with Crippen LogP contribution in [-0.2, 0) is 15.6 Å². The van der Waals surface area contributed by atoms with Crippen molar-refractivity contribution in [2.45, 2.75) is 113 Å². The fraction of sp³-hybridized carbons (Fsp3) is 0.310. The van der Waals surface area contributed by atoms with Crippen LogP contribution in [0.4, 0.5) is 0 Å². The molecule has 8 heteroatoms. The average Bonchev–Trinajstić information content (AvgIpc) is 3.84. The Morgan fingerprint density at radius 2 is 0.712 bits per heavy atom. The van der Waals surface area contributed by atoms with Crippen LogP contribution in [0.15, 0.2) is 121 Å². The molecule has 0 N–H and O–H groups in total.